The van der Waals surface area contributed by atoms with Crippen molar-refractivity contribution in [2.45, 2.75) is 19.4 Å². The van der Waals surface area contributed by atoms with Crippen LogP contribution in [0.1, 0.15) is 11.8 Å². The summed E-state index contributed by atoms with van der Waals surface area (Å²) in [5, 5.41) is 5.29. The molecule has 1 N–H and O–H groups in total. The first-order chi connectivity index (χ1) is 7.11. The number of carbonyl (C=O) groups is 1. The number of likely N-dealkylation sites (N-methyl/N-ethyl adjacent to an activating group) is 1. The summed E-state index contributed by atoms with van der Waals surface area (Å²) >= 11 is 1.75. The third kappa shape index (κ3) is 4.01. The summed E-state index contributed by atoms with van der Waals surface area (Å²) in [5.41, 5.74) is 0. The lowest BCUT2D eigenvalue weighted by molar-refractivity contribution is -0.130. The molecule has 0 aliphatic heterocycles. The molecule has 1 atom stereocenters. The second kappa shape index (κ2) is 5.88. The van der Waals surface area contributed by atoms with E-state index in [1.807, 2.05) is 6.92 Å². The van der Waals surface area contributed by atoms with Gasteiger partial charge < -0.3 is 10.2 Å². The van der Waals surface area contributed by atoms with E-state index in [-0.39, 0.29) is 11.9 Å². The van der Waals surface area contributed by atoms with Crippen LogP contribution in [0.25, 0.3) is 0 Å². The van der Waals surface area contributed by atoms with Gasteiger partial charge >= 0.3 is 0 Å². The van der Waals surface area contributed by atoms with Gasteiger partial charge in [-0.1, -0.05) is 6.07 Å². The fourth-order valence-electron chi connectivity index (χ4n) is 1.34. The van der Waals surface area contributed by atoms with Gasteiger partial charge in [-0.3, -0.25) is 4.79 Å². The SMILES string of the molecule is CC(NCCc1cccs1)C(=O)N(C)C. The van der Waals surface area contributed by atoms with Crippen molar-refractivity contribution in [2.75, 3.05) is 20.6 Å². The van der Waals surface area contributed by atoms with E-state index in [1.165, 1.54) is 4.88 Å². The highest BCUT2D eigenvalue weighted by Gasteiger charge is 2.13. The van der Waals surface area contributed by atoms with Gasteiger partial charge in [0.2, 0.25) is 5.91 Å². The molecule has 1 heterocycles. The molecule has 0 aliphatic carbocycles. The molecule has 3 nitrogen and oxygen atoms in total. The van der Waals surface area contributed by atoms with Gasteiger partial charge in [-0.25, -0.2) is 0 Å². The van der Waals surface area contributed by atoms with Crippen molar-refractivity contribution in [2.24, 2.45) is 0 Å². The normalized spacial score (nSPS) is 12.5. The zero-order chi connectivity index (χ0) is 11.3. The lowest BCUT2D eigenvalue weighted by Gasteiger charge is -2.17. The van der Waals surface area contributed by atoms with Crippen LogP contribution in [0.4, 0.5) is 0 Å². The number of nitrogens with zero attached hydrogens (tertiary/aromatic N) is 1. The smallest absolute Gasteiger partial charge is 0.238 e. The number of carbonyl (C=O) groups excluding carboxylic acids is 1. The molecule has 0 fully saturated rings. The van der Waals surface area contributed by atoms with Gasteiger partial charge in [-0.15, -0.1) is 11.3 Å². The lowest BCUT2D eigenvalue weighted by Crippen LogP contribution is -2.42. The Morgan fingerprint density at radius 3 is 2.87 bits per heavy atom. The minimum absolute atomic E-state index is 0.0973. The van der Waals surface area contributed by atoms with Crippen LogP contribution >= 0.6 is 11.3 Å². The molecular weight excluding hydrogens is 208 g/mol. The molecule has 1 rings (SSSR count). The Morgan fingerprint density at radius 2 is 2.33 bits per heavy atom. The Labute approximate surface area is 95.1 Å². The topological polar surface area (TPSA) is 32.3 Å². The summed E-state index contributed by atoms with van der Waals surface area (Å²) in [6, 6.07) is 4.07. The highest BCUT2D eigenvalue weighted by Crippen LogP contribution is 2.08. The molecule has 0 saturated carbocycles. The molecular formula is C11H18N2OS. The number of thiophene rings is 1. The predicted octanol–water partition coefficient (Wildman–Crippen LogP) is 1.36. The number of hydrogen-bond acceptors (Lipinski definition) is 3. The number of nitrogens with one attached hydrogen (secondary N) is 1. The van der Waals surface area contributed by atoms with Gasteiger partial charge in [-0.05, 0) is 24.8 Å². The highest BCUT2D eigenvalue weighted by molar-refractivity contribution is 7.09. The molecule has 0 radical (unpaired) electrons. The molecule has 84 valence electrons. The van der Waals surface area contributed by atoms with E-state index in [9.17, 15) is 4.79 Å². The molecule has 0 aliphatic rings. The molecule has 1 aromatic heterocycles. The molecule has 0 spiro atoms. The second-order valence-corrected chi connectivity index (χ2v) is 4.77. The summed E-state index contributed by atoms with van der Waals surface area (Å²) in [6.45, 7) is 2.75. The van der Waals surface area contributed by atoms with Crippen molar-refractivity contribution >= 4 is 17.2 Å². The van der Waals surface area contributed by atoms with Crippen LogP contribution in [-0.4, -0.2) is 37.5 Å². The van der Waals surface area contributed by atoms with Crippen LogP contribution < -0.4 is 5.32 Å². The minimum atomic E-state index is -0.0973. The predicted molar refractivity (Wildman–Crippen MR) is 64.2 cm³/mol. The van der Waals surface area contributed by atoms with E-state index in [0.29, 0.717) is 0 Å². The minimum Gasteiger partial charge on any atom is -0.347 e. The molecule has 1 amide bonds. The fraction of sp³-hybridized carbons (Fsp3) is 0.545. The monoisotopic (exact) mass is 226 g/mol. The Hall–Kier alpha value is -0.870. The van der Waals surface area contributed by atoms with E-state index >= 15 is 0 Å². The quantitative estimate of drug-likeness (QED) is 0.822. The molecule has 0 aromatic carbocycles. The molecule has 15 heavy (non-hydrogen) atoms. The van der Waals surface area contributed by atoms with Crippen molar-refractivity contribution in [3.63, 3.8) is 0 Å². The van der Waals surface area contributed by atoms with Gasteiger partial charge in [0, 0.05) is 25.5 Å². The average Bonchev–Trinajstić information content (AvgIpc) is 2.69. The molecule has 1 unspecified atom stereocenters. The summed E-state index contributed by atoms with van der Waals surface area (Å²) in [7, 11) is 3.56. The Kier molecular flexibility index (Phi) is 4.78. The van der Waals surface area contributed by atoms with Gasteiger partial charge in [0.1, 0.15) is 0 Å². The van der Waals surface area contributed by atoms with Gasteiger partial charge in [-0.2, -0.15) is 0 Å². The van der Waals surface area contributed by atoms with Crippen LogP contribution in [0.5, 0.6) is 0 Å². The maximum absolute atomic E-state index is 11.5. The van der Waals surface area contributed by atoms with Gasteiger partial charge in [0.15, 0.2) is 0 Å². The van der Waals surface area contributed by atoms with Crippen molar-refractivity contribution in [1.82, 2.24) is 10.2 Å². The van der Waals surface area contributed by atoms with E-state index in [2.05, 4.69) is 22.8 Å². The Bertz CT molecular complexity index is 296. The maximum atomic E-state index is 11.5. The number of rotatable bonds is 5. The van der Waals surface area contributed by atoms with Gasteiger partial charge in [0.05, 0.1) is 6.04 Å². The first-order valence-electron chi connectivity index (χ1n) is 5.08. The zero-order valence-electron chi connectivity index (χ0n) is 9.49. The molecule has 4 heteroatoms. The van der Waals surface area contributed by atoms with E-state index in [1.54, 1.807) is 30.3 Å². The van der Waals surface area contributed by atoms with Crippen LogP contribution in [0.15, 0.2) is 17.5 Å². The Balaban J connectivity index is 2.23. The zero-order valence-corrected chi connectivity index (χ0v) is 10.3. The second-order valence-electron chi connectivity index (χ2n) is 3.74. The number of amides is 1. The average molecular weight is 226 g/mol. The van der Waals surface area contributed by atoms with E-state index in [4.69, 9.17) is 0 Å². The van der Waals surface area contributed by atoms with Crippen LogP contribution in [0.2, 0.25) is 0 Å². The Morgan fingerprint density at radius 1 is 1.60 bits per heavy atom. The standard InChI is InChI=1S/C11H18N2OS/c1-9(11(14)13(2)3)12-7-6-10-5-4-8-15-10/h4-5,8-9,12H,6-7H2,1-3H3. The third-order valence-corrected chi connectivity index (χ3v) is 3.15. The summed E-state index contributed by atoms with van der Waals surface area (Å²) in [4.78, 5) is 14.5. The van der Waals surface area contributed by atoms with Crippen molar-refractivity contribution in [1.29, 1.82) is 0 Å². The van der Waals surface area contributed by atoms with Crippen LogP contribution in [-0.2, 0) is 11.2 Å². The third-order valence-electron chi connectivity index (χ3n) is 2.21. The molecule has 0 bridgehead atoms. The van der Waals surface area contributed by atoms with Crippen LogP contribution in [0.3, 0.4) is 0 Å². The highest BCUT2D eigenvalue weighted by atomic mass is 32.1. The van der Waals surface area contributed by atoms with E-state index < -0.39 is 0 Å². The summed E-state index contributed by atoms with van der Waals surface area (Å²) in [6.07, 6.45) is 0.989. The van der Waals surface area contributed by atoms with Crippen LogP contribution in [0, 0.1) is 0 Å². The molecule has 1 aromatic rings. The molecule has 0 saturated heterocycles. The summed E-state index contributed by atoms with van der Waals surface area (Å²) in [5.74, 6) is 0.126. The first kappa shape index (κ1) is 12.2. The van der Waals surface area contributed by atoms with Crippen molar-refractivity contribution in [3.8, 4) is 0 Å². The number of hydrogen-bond donors (Lipinski definition) is 1. The summed E-state index contributed by atoms with van der Waals surface area (Å²) < 4.78 is 0. The lowest BCUT2D eigenvalue weighted by atomic mass is 10.2. The fourth-order valence-corrected chi connectivity index (χ4v) is 2.05. The van der Waals surface area contributed by atoms with Crippen molar-refractivity contribution < 1.29 is 4.79 Å². The van der Waals surface area contributed by atoms with Crippen molar-refractivity contribution in [3.05, 3.63) is 22.4 Å². The largest absolute Gasteiger partial charge is 0.347 e. The van der Waals surface area contributed by atoms with Gasteiger partial charge in [0.25, 0.3) is 0 Å². The van der Waals surface area contributed by atoms with E-state index in [0.717, 1.165) is 13.0 Å². The first-order valence-corrected chi connectivity index (χ1v) is 5.96. The maximum Gasteiger partial charge on any atom is 0.238 e.